The normalized spacial score (nSPS) is 15.9. The average molecular weight is 251 g/mol. The van der Waals surface area contributed by atoms with Gasteiger partial charge in [-0.3, -0.25) is 4.79 Å². The van der Waals surface area contributed by atoms with Gasteiger partial charge in [0.2, 0.25) is 0 Å². The van der Waals surface area contributed by atoms with Crippen LogP contribution in [-0.4, -0.2) is 23.2 Å². The molecule has 0 saturated heterocycles. The van der Waals surface area contributed by atoms with Crippen molar-refractivity contribution < 1.29 is 14.6 Å². The van der Waals surface area contributed by atoms with Crippen LogP contribution < -0.4 is 5.73 Å². The van der Waals surface area contributed by atoms with E-state index in [-0.39, 0.29) is 24.5 Å². The first-order chi connectivity index (χ1) is 8.50. The van der Waals surface area contributed by atoms with Crippen LogP contribution in [0.15, 0.2) is 30.3 Å². The van der Waals surface area contributed by atoms with Crippen molar-refractivity contribution in [1.29, 1.82) is 0 Å². The fourth-order valence-corrected chi connectivity index (χ4v) is 1.99. The van der Waals surface area contributed by atoms with Crippen LogP contribution >= 0.6 is 0 Å². The third-order valence-electron chi connectivity index (χ3n) is 2.86. The van der Waals surface area contributed by atoms with E-state index in [0.29, 0.717) is 6.61 Å². The minimum Gasteiger partial charge on any atom is -0.481 e. The summed E-state index contributed by atoms with van der Waals surface area (Å²) in [7, 11) is 0. The first kappa shape index (κ1) is 14.7. The molecule has 3 N–H and O–H groups in total. The molecule has 0 aliphatic carbocycles. The highest BCUT2D eigenvalue weighted by Crippen LogP contribution is 2.16. The van der Waals surface area contributed by atoms with Crippen molar-refractivity contribution in [3.63, 3.8) is 0 Å². The summed E-state index contributed by atoms with van der Waals surface area (Å²) in [5.74, 6) is -0.928. The van der Waals surface area contributed by atoms with Crippen LogP contribution in [0.1, 0.15) is 25.8 Å². The lowest BCUT2D eigenvalue weighted by Gasteiger charge is -2.26. The van der Waals surface area contributed by atoms with Gasteiger partial charge >= 0.3 is 5.97 Å². The minimum absolute atomic E-state index is 0.0704. The lowest BCUT2D eigenvalue weighted by atomic mass is 9.96. The second-order valence-corrected chi connectivity index (χ2v) is 4.70. The number of hydrogen-bond acceptors (Lipinski definition) is 3. The molecule has 0 aliphatic rings. The van der Waals surface area contributed by atoms with E-state index in [4.69, 9.17) is 15.6 Å². The molecule has 1 aromatic rings. The Morgan fingerprint density at radius 2 is 1.94 bits per heavy atom. The molecule has 4 heteroatoms. The van der Waals surface area contributed by atoms with Gasteiger partial charge < -0.3 is 15.6 Å². The first-order valence-electron chi connectivity index (χ1n) is 6.13. The van der Waals surface area contributed by atoms with Crippen LogP contribution in [0.5, 0.6) is 0 Å². The molecule has 0 bridgehead atoms. The van der Waals surface area contributed by atoms with Gasteiger partial charge in [0.1, 0.15) is 0 Å². The molecule has 18 heavy (non-hydrogen) atoms. The van der Waals surface area contributed by atoms with E-state index in [1.165, 1.54) is 0 Å². The van der Waals surface area contributed by atoms with Crippen LogP contribution in [0.25, 0.3) is 0 Å². The van der Waals surface area contributed by atoms with Crippen molar-refractivity contribution in [1.82, 2.24) is 0 Å². The zero-order valence-corrected chi connectivity index (χ0v) is 10.9. The third kappa shape index (κ3) is 4.85. The molecule has 0 amide bonds. The van der Waals surface area contributed by atoms with Gasteiger partial charge in [-0.1, -0.05) is 37.3 Å². The summed E-state index contributed by atoms with van der Waals surface area (Å²) in [4.78, 5) is 10.7. The molecule has 3 atom stereocenters. The number of rotatable bonds is 7. The lowest BCUT2D eigenvalue weighted by Crippen LogP contribution is -2.39. The highest BCUT2D eigenvalue weighted by atomic mass is 16.5. The quantitative estimate of drug-likeness (QED) is 0.777. The van der Waals surface area contributed by atoms with Gasteiger partial charge in [0.25, 0.3) is 0 Å². The molecule has 100 valence electrons. The van der Waals surface area contributed by atoms with Gasteiger partial charge in [-0.2, -0.15) is 0 Å². The summed E-state index contributed by atoms with van der Waals surface area (Å²) in [6.07, 6.45) is -0.178. The predicted molar refractivity (Wildman–Crippen MR) is 70.1 cm³/mol. The van der Waals surface area contributed by atoms with E-state index < -0.39 is 5.97 Å². The molecular formula is C14H21NO3. The molecule has 0 aliphatic heterocycles. The Balaban J connectivity index is 2.55. The van der Waals surface area contributed by atoms with Crippen molar-refractivity contribution in [2.24, 2.45) is 11.7 Å². The second kappa shape index (κ2) is 7.13. The number of benzene rings is 1. The Kier molecular flexibility index (Phi) is 5.82. The van der Waals surface area contributed by atoms with Gasteiger partial charge in [-0.25, -0.2) is 0 Å². The molecule has 1 rings (SSSR count). The highest BCUT2D eigenvalue weighted by molar-refractivity contribution is 5.67. The monoisotopic (exact) mass is 251 g/mol. The summed E-state index contributed by atoms with van der Waals surface area (Å²) in [6, 6.07) is 9.59. The van der Waals surface area contributed by atoms with Crippen LogP contribution in [0.2, 0.25) is 0 Å². The molecule has 0 fully saturated rings. The number of carbonyl (C=O) groups is 1. The molecule has 0 unspecified atom stereocenters. The number of ether oxygens (including phenoxy) is 1. The highest BCUT2D eigenvalue weighted by Gasteiger charge is 2.24. The summed E-state index contributed by atoms with van der Waals surface area (Å²) < 4.78 is 5.76. The van der Waals surface area contributed by atoms with Crippen LogP contribution in [0.4, 0.5) is 0 Å². The fourth-order valence-electron chi connectivity index (χ4n) is 1.99. The van der Waals surface area contributed by atoms with Crippen LogP contribution in [0, 0.1) is 5.92 Å². The fraction of sp³-hybridized carbons (Fsp3) is 0.500. The smallest absolute Gasteiger partial charge is 0.303 e. The van der Waals surface area contributed by atoms with E-state index >= 15 is 0 Å². The summed E-state index contributed by atoms with van der Waals surface area (Å²) in [5, 5.41) is 8.80. The van der Waals surface area contributed by atoms with E-state index in [0.717, 1.165) is 5.56 Å². The molecule has 4 nitrogen and oxygen atoms in total. The minimum atomic E-state index is -0.823. The van der Waals surface area contributed by atoms with Gasteiger partial charge in [-0.15, -0.1) is 0 Å². The van der Waals surface area contributed by atoms with E-state index in [1.54, 1.807) is 0 Å². The molecule has 1 aromatic carbocycles. The van der Waals surface area contributed by atoms with Crippen molar-refractivity contribution in [2.45, 2.75) is 39.0 Å². The molecule has 0 spiro atoms. The maximum Gasteiger partial charge on any atom is 0.303 e. The van der Waals surface area contributed by atoms with Gasteiger partial charge in [0.15, 0.2) is 0 Å². The van der Waals surface area contributed by atoms with E-state index in [9.17, 15) is 4.79 Å². The number of carboxylic acid groups (broad SMARTS) is 1. The maximum absolute atomic E-state index is 10.7. The Labute approximate surface area is 108 Å². The lowest BCUT2D eigenvalue weighted by molar-refractivity contribution is -0.139. The van der Waals surface area contributed by atoms with Crippen molar-refractivity contribution >= 4 is 5.97 Å². The standard InChI is InChI=1S/C14H21NO3/c1-10(8-13(16)17)14(11(2)15)18-9-12-6-4-3-5-7-12/h3-7,10-11,14H,8-9,15H2,1-2H3,(H,16,17)/t10-,11-,14-/m0/s1. The Morgan fingerprint density at radius 3 is 2.44 bits per heavy atom. The molecule has 0 heterocycles. The molecule has 0 aromatic heterocycles. The largest absolute Gasteiger partial charge is 0.481 e. The molecular weight excluding hydrogens is 230 g/mol. The molecule has 0 radical (unpaired) electrons. The summed E-state index contributed by atoms with van der Waals surface area (Å²) in [6.45, 7) is 4.15. The zero-order valence-electron chi connectivity index (χ0n) is 10.9. The predicted octanol–water partition coefficient (Wildman–Crippen LogP) is 2.03. The number of nitrogens with two attached hydrogens (primary N) is 1. The Morgan fingerprint density at radius 1 is 1.33 bits per heavy atom. The second-order valence-electron chi connectivity index (χ2n) is 4.70. The SMILES string of the molecule is C[C@H](N)[C@@H](OCc1ccccc1)[C@@H](C)CC(=O)O. The van der Waals surface area contributed by atoms with Crippen LogP contribution in [0.3, 0.4) is 0 Å². The van der Waals surface area contributed by atoms with Crippen molar-refractivity contribution in [2.75, 3.05) is 0 Å². The van der Waals surface area contributed by atoms with Crippen LogP contribution in [-0.2, 0) is 16.1 Å². The Bertz CT molecular complexity index is 365. The van der Waals surface area contributed by atoms with E-state index in [1.807, 2.05) is 44.2 Å². The van der Waals surface area contributed by atoms with Gasteiger partial charge in [0, 0.05) is 6.04 Å². The van der Waals surface area contributed by atoms with Crippen molar-refractivity contribution in [3.8, 4) is 0 Å². The van der Waals surface area contributed by atoms with E-state index in [2.05, 4.69) is 0 Å². The van der Waals surface area contributed by atoms with Gasteiger partial charge in [-0.05, 0) is 18.4 Å². The number of hydrogen-bond donors (Lipinski definition) is 2. The number of aliphatic carboxylic acids is 1. The maximum atomic E-state index is 10.7. The Hall–Kier alpha value is -1.39. The zero-order chi connectivity index (χ0) is 13.5. The number of carboxylic acids is 1. The average Bonchev–Trinajstić information content (AvgIpc) is 2.29. The first-order valence-corrected chi connectivity index (χ1v) is 6.13. The summed E-state index contributed by atoms with van der Waals surface area (Å²) in [5.41, 5.74) is 6.92. The third-order valence-corrected chi connectivity index (χ3v) is 2.86. The van der Waals surface area contributed by atoms with Crippen molar-refractivity contribution in [3.05, 3.63) is 35.9 Å². The molecule has 0 saturated carbocycles. The van der Waals surface area contributed by atoms with Gasteiger partial charge in [0.05, 0.1) is 19.1 Å². The summed E-state index contributed by atoms with van der Waals surface area (Å²) >= 11 is 0. The topological polar surface area (TPSA) is 72.5 Å².